The molecule has 0 saturated heterocycles. The fraction of sp³-hybridized carbons (Fsp3) is 0.167. The van der Waals surface area contributed by atoms with Gasteiger partial charge in [0.15, 0.2) is 0 Å². The molecule has 0 aliphatic heterocycles. The molecule has 0 bridgehead atoms. The fourth-order valence-corrected chi connectivity index (χ4v) is 1.19. The van der Waals surface area contributed by atoms with Gasteiger partial charge in [-0.25, -0.2) is 0 Å². The number of allylic oxidation sites excluding steroid dienone is 2. The molecule has 61 valence electrons. The van der Waals surface area contributed by atoms with Gasteiger partial charge >= 0.3 is 0 Å². The van der Waals surface area contributed by atoms with Gasteiger partial charge in [-0.05, 0) is 30.0 Å². The van der Waals surface area contributed by atoms with E-state index in [9.17, 15) is 0 Å². The monoisotopic (exact) mass is 157 g/mol. The fourth-order valence-electron chi connectivity index (χ4n) is 1.19. The number of rotatable bonds is 4. The van der Waals surface area contributed by atoms with E-state index >= 15 is 0 Å². The third-order valence-corrected chi connectivity index (χ3v) is 1.75. The largest absolute Gasteiger partial charge is 0.103 e. The van der Waals surface area contributed by atoms with E-state index in [0.29, 0.717) is 0 Å². The Hall–Kier alpha value is -1.30. The van der Waals surface area contributed by atoms with E-state index in [-0.39, 0.29) is 0 Å². The van der Waals surface area contributed by atoms with Crippen molar-refractivity contribution in [3.8, 4) is 0 Å². The Bertz CT molecular complexity index is 242. The van der Waals surface area contributed by atoms with Crippen LogP contribution in [0.5, 0.6) is 0 Å². The predicted molar refractivity (Wildman–Crippen MR) is 53.1 cm³/mol. The van der Waals surface area contributed by atoms with Crippen molar-refractivity contribution in [3.63, 3.8) is 0 Å². The summed E-state index contributed by atoms with van der Waals surface area (Å²) >= 11 is 0. The zero-order valence-corrected chi connectivity index (χ0v) is 7.22. The molecule has 0 N–H and O–H groups in total. The van der Waals surface area contributed by atoms with Crippen LogP contribution in [0, 0.1) is 6.07 Å². The Labute approximate surface area is 74.2 Å². The molecule has 0 aromatic heterocycles. The smallest absolute Gasteiger partial charge is 0.00911 e. The van der Waals surface area contributed by atoms with E-state index < -0.39 is 0 Å². The summed E-state index contributed by atoms with van der Waals surface area (Å²) in [6.45, 7) is 7.43. The van der Waals surface area contributed by atoms with Crippen molar-refractivity contribution in [1.29, 1.82) is 0 Å². The van der Waals surface area contributed by atoms with Gasteiger partial charge in [0.25, 0.3) is 0 Å². The minimum absolute atomic E-state index is 0.893. The molecular formula is C12H13. The third kappa shape index (κ3) is 2.09. The van der Waals surface area contributed by atoms with Gasteiger partial charge in [0, 0.05) is 0 Å². The quantitative estimate of drug-likeness (QED) is 0.589. The average molecular weight is 157 g/mol. The van der Waals surface area contributed by atoms with Gasteiger partial charge < -0.3 is 0 Å². The van der Waals surface area contributed by atoms with E-state index in [1.54, 1.807) is 0 Å². The lowest BCUT2D eigenvalue weighted by molar-refractivity contribution is 1.15. The van der Waals surface area contributed by atoms with Gasteiger partial charge in [-0.2, -0.15) is 0 Å². The van der Waals surface area contributed by atoms with Crippen molar-refractivity contribution in [2.45, 2.75) is 12.8 Å². The van der Waals surface area contributed by atoms with E-state index in [2.05, 4.69) is 25.3 Å². The topological polar surface area (TPSA) is 0 Å². The highest BCUT2D eigenvalue weighted by molar-refractivity contribution is 5.29. The van der Waals surface area contributed by atoms with Crippen molar-refractivity contribution in [1.82, 2.24) is 0 Å². The van der Waals surface area contributed by atoms with Gasteiger partial charge in [-0.15, -0.1) is 13.2 Å². The molecule has 0 amide bonds. The summed E-state index contributed by atoms with van der Waals surface area (Å²) in [6, 6.07) is 9.25. The summed E-state index contributed by atoms with van der Waals surface area (Å²) in [5.74, 6) is 0. The van der Waals surface area contributed by atoms with Crippen LogP contribution < -0.4 is 0 Å². The molecule has 0 aliphatic carbocycles. The summed E-state index contributed by atoms with van der Waals surface area (Å²) < 4.78 is 0. The van der Waals surface area contributed by atoms with Crippen molar-refractivity contribution in [2.24, 2.45) is 0 Å². The minimum Gasteiger partial charge on any atom is -0.103 e. The first kappa shape index (κ1) is 8.79. The highest BCUT2D eigenvalue weighted by atomic mass is 14.0. The molecule has 1 rings (SSSR count). The SMILES string of the molecule is C=CCc1[c]cccc1CC=C. The van der Waals surface area contributed by atoms with Crippen LogP contribution in [-0.2, 0) is 12.8 Å². The zero-order valence-electron chi connectivity index (χ0n) is 7.22. The molecule has 0 atom stereocenters. The van der Waals surface area contributed by atoms with Crippen LogP contribution in [0.3, 0.4) is 0 Å². The first-order valence-corrected chi connectivity index (χ1v) is 4.08. The van der Waals surface area contributed by atoms with Crippen LogP contribution in [0.25, 0.3) is 0 Å². The van der Waals surface area contributed by atoms with Crippen molar-refractivity contribution in [2.75, 3.05) is 0 Å². The third-order valence-electron chi connectivity index (χ3n) is 1.75. The van der Waals surface area contributed by atoms with Crippen LogP contribution >= 0.6 is 0 Å². The standard InChI is InChI=1S/C12H13/c1-3-7-11-9-5-6-10-12(11)8-4-2/h3-6,9H,1-2,7-8H2. The predicted octanol–water partition coefficient (Wildman–Crippen LogP) is 2.94. The van der Waals surface area contributed by atoms with Crippen LogP contribution in [0.2, 0.25) is 0 Å². The molecule has 0 spiro atoms. The molecule has 1 radical (unpaired) electrons. The lowest BCUT2D eigenvalue weighted by Gasteiger charge is -2.03. The highest BCUT2D eigenvalue weighted by Crippen LogP contribution is 2.09. The Morgan fingerprint density at radius 3 is 2.67 bits per heavy atom. The first-order valence-electron chi connectivity index (χ1n) is 4.08. The lowest BCUT2D eigenvalue weighted by atomic mass is 10.0. The molecule has 0 aliphatic rings. The minimum atomic E-state index is 0.893. The number of hydrogen-bond acceptors (Lipinski definition) is 0. The molecule has 1 aromatic carbocycles. The second-order valence-electron chi connectivity index (χ2n) is 2.66. The summed E-state index contributed by atoms with van der Waals surface area (Å²) in [5, 5.41) is 0. The maximum atomic E-state index is 3.72. The van der Waals surface area contributed by atoms with E-state index in [1.807, 2.05) is 24.3 Å². The van der Waals surface area contributed by atoms with E-state index in [4.69, 9.17) is 0 Å². The van der Waals surface area contributed by atoms with Crippen molar-refractivity contribution >= 4 is 0 Å². The normalized spacial score (nSPS) is 9.33. The summed E-state index contributed by atoms with van der Waals surface area (Å²) in [5.41, 5.74) is 2.53. The highest BCUT2D eigenvalue weighted by Gasteiger charge is 1.96. The molecule has 0 heteroatoms. The van der Waals surface area contributed by atoms with Crippen molar-refractivity contribution < 1.29 is 0 Å². The molecule has 12 heavy (non-hydrogen) atoms. The number of hydrogen-bond donors (Lipinski definition) is 0. The maximum Gasteiger partial charge on any atom is -0.00911 e. The average Bonchev–Trinajstić information content (AvgIpc) is 2.09. The van der Waals surface area contributed by atoms with E-state index in [1.165, 1.54) is 11.1 Å². The second kappa shape index (κ2) is 4.55. The van der Waals surface area contributed by atoms with Gasteiger partial charge in [0.2, 0.25) is 0 Å². The second-order valence-corrected chi connectivity index (χ2v) is 2.66. The molecule has 0 fully saturated rings. The van der Waals surface area contributed by atoms with Gasteiger partial charge in [-0.1, -0.05) is 30.4 Å². The molecule has 0 unspecified atom stereocenters. The first-order chi connectivity index (χ1) is 5.88. The molecule has 0 nitrogen and oxygen atoms in total. The Kier molecular flexibility index (Phi) is 3.34. The van der Waals surface area contributed by atoms with Crippen molar-refractivity contribution in [3.05, 3.63) is 60.7 Å². The van der Waals surface area contributed by atoms with Crippen LogP contribution in [0.1, 0.15) is 11.1 Å². The van der Waals surface area contributed by atoms with E-state index in [0.717, 1.165) is 12.8 Å². The van der Waals surface area contributed by atoms with Crippen LogP contribution in [0.4, 0.5) is 0 Å². The summed E-state index contributed by atoms with van der Waals surface area (Å²) in [6.07, 6.45) is 5.62. The van der Waals surface area contributed by atoms with Crippen LogP contribution in [0.15, 0.2) is 43.5 Å². The molecule has 0 heterocycles. The summed E-state index contributed by atoms with van der Waals surface area (Å²) in [7, 11) is 0. The van der Waals surface area contributed by atoms with Gasteiger partial charge in [0.05, 0.1) is 0 Å². The van der Waals surface area contributed by atoms with Gasteiger partial charge in [0.1, 0.15) is 0 Å². The summed E-state index contributed by atoms with van der Waals surface area (Å²) in [4.78, 5) is 0. The Morgan fingerprint density at radius 1 is 1.25 bits per heavy atom. The lowest BCUT2D eigenvalue weighted by Crippen LogP contribution is -1.90. The zero-order chi connectivity index (χ0) is 8.81. The molecule has 0 saturated carbocycles. The Morgan fingerprint density at radius 2 is 2.00 bits per heavy atom. The molecule has 1 aromatic rings. The Balaban J connectivity index is 2.90. The van der Waals surface area contributed by atoms with Gasteiger partial charge in [-0.3, -0.25) is 0 Å². The van der Waals surface area contributed by atoms with Crippen LogP contribution in [-0.4, -0.2) is 0 Å². The number of benzene rings is 1. The maximum absolute atomic E-state index is 3.72. The molecular weight excluding hydrogens is 144 g/mol.